The van der Waals surface area contributed by atoms with Crippen molar-refractivity contribution in [2.24, 2.45) is 0 Å². The highest BCUT2D eigenvalue weighted by molar-refractivity contribution is 7.89. The van der Waals surface area contributed by atoms with Crippen LogP contribution in [0.2, 0.25) is 0 Å². The number of hydrogen-bond acceptors (Lipinski definition) is 7. The summed E-state index contributed by atoms with van der Waals surface area (Å²) in [5, 5.41) is 6.03. The van der Waals surface area contributed by atoms with Crippen LogP contribution in [0, 0.1) is 6.92 Å². The fourth-order valence-electron chi connectivity index (χ4n) is 5.65. The molecule has 39 heavy (non-hydrogen) atoms. The van der Waals surface area contributed by atoms with Gasteiger partial charge in [-0.05, 0) is 54.3 Å². The lowest BCUT2D eigenvalue weighted by molar-refractivity contribution is 0.0969. The van der Waals surface area contributed by atoms with Gasteiger partial charge < -0.3 is 8.94 Å². The van der Waals surface area contributed by atoms with Gasteiger partial charge in [0, 0.05) is 19.2 Å². The van der Waals surface area contributed by atoms with Crippen LogP contribution >= 0.6 is 0 Å². The smallest absolute Gasteiger partial charge is 0.296 e. The third-order valence-electron chi connectivity index (χ3n) is 7.52. The van der Waals surface area contributed by atoms with E-state index in [1.54, 1.807) is 31.2 Å². The first-order chi connectivity index (χ1) is 18.8. The van der Waals surface area contributed by atoms with Gasteiger partial charge in [0.1, 0.15) is 11.3 Å². The molecule has 7 rings (SSSR count). The van der Waals surface area contributed by atoms with E-state index < -0.39 is 22.0 Å². The summed E-state index contributed by atoms with van der Waals surface area (Å²) < 4.78 is 39.1. The molecular formula is C29H23N3O6S. The number of nitrogens with zero attached hydrogens (tertiary/aromatic N) is 3. The quantitative estimate of drug-likeness (QED) is 0.301. The van der Waals surface area contributed by atoms with Crippen molar-refractivity contribution in [1.82, 2.24) is 9.46 Å². The summed E-state index contributed by atoms with van der Waals surface area (Å²) in [6, 6.07) is 18.1. The van der Waals surface area contributed by atoms with Crippen LogP contribution in [0.5, 0.6) is 0 Å². The zero-order valence-electron chi connectivity index (χ0n) is 21.0. The maximum atomic E-state index is 14.2. The van der Waals surface area contributed by atoms with Gasteiger partial charge in [-0.25, -0.2) is 8.42 Å². The van der Waals surface area contributed by atoms with Crippen LogP contribution in [0.1, 0.15) is 46.3 Å². The molecule has 196 valence electrons. The topological polar surface area (TPSA) is 114 Å². The number of aryl methyl sites for hydroxylation is 1. The average molecular weight is 542 g/mol. The SMILES string of the molecule is Cc1cc(N2C(=O)c3oc4ccc5ccccc5c4c(=O)c3C2c2ccc(S(=O)(=O)N3CCCC3)cc2)no1. The highest BCUT2D eigenvalue weighted by Gasteiger charge is 2.45. The van der Waals surface area contributed by atoms with Gasteiger partial charge in [0.05, 0.1) is 21.9 Å². The van der Waals surface area contributed by atoms with Gasteiger partial charge >= 0.3 is 0 Å². The second-order valence-electron chi connectivity index (χ2n) is 9.89. The number of fused-ring (bicyclic) bond motifs is 4. The number of benzene rings is 3. The minimum Gasteiger partial charge on any atom is -0.450 e. The average Bonchev–Trinajstić information content (AvgIpc) is 3.69. The first-order valence-electron chi connectivity index (χ1n) is 12.7. The third-order valence-corrected chi connectivity index (χ3v) is 9.44. The maximum absolute atomic E-state index is 14.2. The van der Waals surface area contributed by atoms with E-state index in [0.717, 1.165) is 23.6 Å². The van der Waals surface area contributed by atoms with Gasteiger partial charge in [-0.1, -0.05) is 47.6 Å². The minimum absolute atomic E-state index is 0.0674. The number of amides is 1. The normalized spacial score (nSPS) is 17.9. The molecule has 4 heterocycles. The van der Waals surface area contributed by atoms with Gasteiger partial charge in [-0.3, -0.25) is 14.5 Å². The Morgan fingerprint density at radius 3 is 2.41 bits per heavy atom. The first-order valence-corrected chi connectivity index (χ1v) is 14.1. The Hall–Kier alpha value is -4.28. The Bertz CT molecular complexity index is 1950. The third kappa shape index (κ3) is 3.55. The van der Waals surface area contributed by atoms with E-state index in [9.17, 15) is 18.0 Å². The van der Waals surface area contributed by atoms with Crippen LogP contribution in [0.15, 0.2) is 85.4 Å². The number of anilines is 1. The molecule has 1 atom stereocenters. The molecule has 9 nitrogen and oxygen atoms in total. The van der Waals surface area contributed by atoms with Crippen molar-refractivity contribution in [3.05, 3.63) is 99.6 Å². The molecule has 2 aromatic heterocycles. The summed E-state index contributed by atoms with van der Waals surface area (Å²) in [5.74, 6) is 0.136. The van der Waals surface area contributed by atoms with Crippen molar-refractivity contribution in [2.75, 3.05) is 18.0 Å². The van der Waals surface area contributed by atoms with Crippen LogP contribution in [-0.2, 0) is 10.0 Å². The second-order valence-corrected chi connectivity index (χ2v) is 11.8. The van der Waals surface area contributed by atoms with E-state index in [0.29, 0.717) is 35.4 Å². The van der Waals surface area contributed by atoms with Crippen molar-refractivity contribution >= 4 is 43.5 Å². The molecule has 5 aromatic rings. The lowest BCUT2D eigenvalue weighted by Gasteiger charge is -2.23. The number of carbonyl (C=O) groups excluding carboxylic acids is 1. The lowest BCUT2D eigenvalue weighted by atomic mass is 9.97. The highest BCUT2D eigenvalue weighted by Crippen LogP contribution is 2.42. The molecule has 0 bridgehead atoms. The minimum atomic E-state index is -3.63. The molecule has 3 aromatic carbocycles. The molecule has 0 spiro atoms. The highest BCUT2D eigenvalue weighted by atomic mass is 32.2. The maximum Gasteiger partial charge on any atom is 0.296 e. The van der Waals surface area contributed by atoms with E-state index in [-0.39, 0.29) is 27.5 Å². The van der Waals surface area contributed by atoms with Gasteiger partial charge in [-0.2, -0.15) is 4.31 Å². The second kappa shape index (κ2) is 8.62. The molecule has 0 radical (unpaired) electrons. The number of carbonyl (C=O) groups is 1. The molecule has 2 aliphatic rings. The van der Waals surface area contributed by atoms with Crippen LogP contribution in [0.4, 0.5) is 5.82 Å². The van der Waals surface area contributed by atoms with Crippen molar-refractivity contribution in [1.29, 1.82) is 0 Å². The zero-order valence-corrected chi connectivity index (χ0v) is 21.8. The van der Waals surface area contributed by atoms with Gasteiger partial charge in [0.2, 0.25) is 15.8 Å². The van der Waals surface area contributed by atoms with Crippen LogP contribution in [0.3, 0.4) is 0 Å². The number of sulfonamides is 1. The number of hydrogen-bond donors (Lipinski definition) is 0. The van der Waals surface area contributed by atoms with E-state index in [1.807, 2.05) is 30.3 Å². The van der Waals surface area contributed by atoms with Gasteiger partial charge in [0.15, 0.2) is 11.2 Å². The molecule has 10 heteroatoms. The Morgan fingerprint density at radius 1 is 0.949 bits per heavy atom. The van der Waals surface area contributed by atoms with E-state index in [1.165, 1.54) is 21.3 Å². The van der Waals surface area contributed by atoms with E-state index in [2.05, 4.69) is 5.16 Å². The summed E-state index contributed by atoms with van der Waals surface area (Å²) in [7, 11) is -3.63. The van der Waals surface area contributed by atoms with Crippen molar-refractivity contribution in [3.8, 4) is 0 Å². The molecule has 1 unspecified atom stereocenters. The summed E-state index contributed by atoms with van der Waals surface area (Å²) in [6.07, 6.45) is 1.67. The van der Waals surface area contributed by atoms with Crippen molar-refractivity contribution < 1.29 is 22.2 Å². The molecular weight excluding hydrogens is 518 g/mol. The van der Waals surface area contributed by atoms with Gasteiger partial charge in [-0.15, -0.1) is 0 Å². The molecule has 0 aliphatic carbocycles. The number of aromatic nitrogens is 1. The summed E-state index contributed by atoms with van der Waals surface area (Å²) >= 11 is 0. The Kier molecular flexibility index (Phi) is 5.26. The van der Waals surface area contributed by atoms with Crippen LogP contribution in [0.25, 0.3) is 21.7 Å². The predicted octanol–water partition coefficient (Wildman–Crippen LogP) is 4.78. The largest absolute Gasteiger partial charge is 0.450 e. The molecule has 0 N–H and O–H groups in total. The molecule has 1 saturated heterocycles. The monoisotopic (exact) mass is 541 g/mol. The molecule has 2 aliphatic heterocycles. The van der Waals surface area contributed by atoms with Crippen molar-refractivity contribution in [2.45, 2.75) is 30.7 Å². The summed E-state index contributed by atoms with van der Waals surface area (Å²) in [6.45, 7) is 2.70. The van der Waals surface area contributed by atoms with Crippen LogP contribution < -0.4 is 10.3 Å². The van der Waals surface area contributed by atoms with E-state index in [4.69, 9.17) is 8.94 Å². The predicted molar refractivity (Wildman–Crippen MR) is 144 cm³/mol. The fraction of sp³-hybridized carbons (Fsp3) is 0.207. The Labute approximate surface area is 223 Å². The standard InChI is InChI=1S/C29H23N3O6S/c1-17-16-23(30-38-17)32-26(19-8-11-20(12-9-19)39(35,36)31-14-4-5-15-31)25-27(33)24-21-7-3-2-6-18(21)10-13-22(24)37-28(25)29(32)34/h2-3,6-13,16,26H,4-5,14-15H2,1H3. The molecule has 0 saturated carbocycles. The van der Waals surface area contributed by atoms with Crippen LogP contribution in [-0.4, -0.2) is 36.9 Å². The van der Waals surface area contributed by atoms with Gasteiger partial charge in [0.25, 0.3) is 5.91 Å². The Balaban J connectivity index is 1.44. The zero-order chi connectivity index (χ0) is 26.9. The fourth-order valence-corrected chi connectivity index (χ4v) is 7.17. The summed E-state index contributed by atoms with van der Waals surface area (Å²) in [4.78, 5) is 29.5. The Morgan fingerprint density at radius 2 is 1.69 bits per heavy atom. The number of rotatable bonds is 4. The lowest BCUT2D eigenvalue weighted by Crippen LogP contribution is -2.30. The van der Waals surface area contributed by atoms with E-state index >= 15 is 0 Å². The molecule has 1 amide bonds. The first kappa shape index (κ1) is 23.8. The molecule has 1 fully saturated rings. The summed E-state index contributed by atoms with van der Waals surface area (Å²) in [5.41, 5.74) is 0.724. The van der Waals surface area contributed by atoms with Crippen molar-refractivity contribution in [3.63, 3.8) is 0 Å².